The van der Waals surface area contributed by atoms with Gasteiger partial charge < -0.3 is 9.80 Å². The van der Waals surface area contributed by atoms with Crippen molar-refractivity contribution < 1.29 is 4.79 Å². The molecule has 1 unspecified atom stereocenters. The first-order chi connectivity index (χ1) is 10.0. The molecule has 1 aromatic rings. The van der Waals surface area contributed by atoms with Crippen LogP contribution in [0.25, 0.3) is 0 Å². The summed E-state index contributed by atoms with van der Waals surface area (Å²) in [6, 6.07) is 0. The van der Waals surface area contributed by atoms with E-state index in [1.807, 2.05) is 4.90 Å². The van der Waals surface area contributed by atoms with Crippen molar-refractivity contribution in [3.63, 3.8) is 0 Å². The Labute approximate surface area is 126 Å². The number of carbonyl (C=O) groups is 1. The molecular weight excluding hydrogens is 264 g/mol. The Morgan fingerprint density at radius 1 is 1.43 bits per heavy atom. The van der Waals surface area contributed by atoms with E-state index in [1.165, 1.54) is 12.8 Å². The van der Waals surface area contributed by atoms with E-state index in [9.17, 15) is 4.79 Å². The van der Waals surface area contributed by atoms with Gasteiger partial charge in [-0.2, -0.15) is 0 Å². The molecule has 0 N–H and O–H groups in total. The predicted molar refractivity (Wildman–Crippen MR) is 82.2 cm³/mol. The summed E-state index contributed by atoms with van der Waals surface area (Å²) < 4.78 is 0. The van der Waals surface area contributed by atoms with Crippen molar-refractivity contribution >= 4 is 11.9 Å². The maximum atomic E-state index is 12.3. The second kappa shape index (κ2) is 5.62. The first-order valence-electron chi connectivity index (χ1n) is 7.94. The summed E-state index contributed by atoms with van der Waals surface area (Å²) in [5, 5.41) is 0. The van der Waals surface area contributed by atoms with Crippen LogP contribution in [0.2, 0.25) is 0 Å². The molecule has 1 amide bonds. The Bertz CT molecular complexity index is 543. The fourth-order valence-electron chi connectivity index (χ4n) is 3.24. The van der Waals surface area contributed by atoms with E-state index in [2.05, 4.69) is 35.6 Å². The minimum absolute atomic E-state index is 0.0808. The Hall–Kier alpha value is -1.65. The van der Waals surface area contributed by atoms with Crippen molar-refractivity contribution in [3.8, 4) is 0 Å². The van der Waals surface area contributed by atoms with Crippen LogP contribution in [-0.4, -0.2) is 40.4 Å². The number of carbonyl (C=O) groups excluding carboxylic acids is 1. The Kier molecular flexibility index (Phi) is 3.83. The monoisotopic (exact) mass is 288 g/mol. The third-order valence-corrected chi connectivity index (χ3v) is 4.24. The van der Waals surface area contributed by atoms with Crippen LogP contribution in [-0.2, 0) is 6.54 Å². The lowest BCUT2D eigenvalue weighted by atomic mass is 10.0. The molecule has 0 radical (unpaired) electrons. The van der Waals surface area contributed by atoms with Gasteiger partial charge in [0.25, 0.3) is 5.91 Å². The number of nitrogens with zero attached hydrogens (tertiary/aromatic N) is 4. The van der Waals surface area contributed by atoms with Crippen LogP contribution in [0.4, 0.5) is 5.95 Å². The lowest BCUT2D eigenvalue weighted by Gasteiger charge is -2.30. The highest BCUT2D eigenvalue weighted by Crippen LogP contribution is 2.25. The van der Waals surface area contributed by atoms with Gasteiger partial charge in [-0.05, 0) is 24.7 Å². The fraction of sp³-hybridized carbons (Fsp3) is 0.688. The molecule has 0 spiro atoms. The van der Waals surface area contributed by atoms with Crippen LogP contribution >= 0.6 is 0 Å². The van der Waals surface area contributed by atoms with Crippen LogP contribution in [0.5, 0.6) is 0 Å². The average Bonchev–Trinajstić information content (AvgIpc) is 2.74. The summed E-state index contributed by atoms with van der Waals surface area (Å²) >= 11 is 0. The predicted octanol–water partition coefficient (Wildman–Crippen LogP) is 2.32. The molecule has 1 aromatic heterocycles. The molecule has 114 valence electrons. The Morgan fingerprint density at radius 2 is 2.24 bits per heavy atom. The van der Waals surface area contributed by atoms with Crippen LogP contribution in [0.1, 0.15) is 49.7 Å². The van der Waals surface area contributed by atoms with Gasteiger partial charge in [-0.25, -0.2) is 9.97 Å². The molecule has 5 heteroatoms. The van der Waals surface area contributed by atoms with E-state index in [-0.39, 0.29) is 5.91 Å². The molecular formula is C16H24N4O. The number of fused-ring (bicyclic) bond motifs is 1. The standard InChI is InChI=1S/C16H24N4O/c1-11(2)8-20-10-14-13(15(20)21)7-17-16(18-14)19-6-4-5-12(3)9-19/h7,11-12H,4-6,8-10H2,1-3H3. The van der Waals surface area contributed by atoms with Gasteiger partial charge in [-0.3, -0.25) is 4.79 Å². The van der Waals surface area contributed by atoms with E-state index >= 15 is 0 Å². The number of aromatic nitrogens is 2. The van der Waals surface area contributed by atoms with Crippen LogP contribution < -0.4 is 4.90 Å². The fourth-order valence-corrected chi connectivity index (χ4v) is 3.24. The molecule has 1 atom stereocenters. The summed E-state index contributed by atoms with van der Waals surface area (Å²) in [6.07, 6.45) is 4.20. The number of amides is 1. The number of anilines is 1. The molecule has 0 saturated carbocycles. The SMILES string of the molecule is CC(C)CN1Cc2nc(N3CCCC(C)C3)ncc2C1=O. The number of hydrogen-bond donors (Lipinski definition) is 0. The van der Waals surface area contributed by atoms with Crippen molar-refractivity contribution in [1.29, 1.82) is 0 Å². The Balaban J connectivity index is 1.79. The first-order valence-corrected chi connectivity index (χ1v) is 7.94. The third kappa shape index (κ3) is 2.87. The maximum Gasteiger partial charge on any atom is 0.257 e. The van der Waals surface area contributed by atoms with Gasteiger partial charge in [0.05, 0.1) is 17.8 Å². The minimum Gasteiger partial charge on any atom is -0.341 e. The minimum atomic E-state index is 0.0808. The zero-order chi connectivity index (χ0) is 15.0. The summed E-state index contributed by atoms with van der Waals surface area (Å²) in [4.78, 5) is 25.6. The van der Waals surface area contributed by atoms with Gasteiger partial charge in [0.2, 0.25) is 5.95 Å². The zero-order valence-electron chi connectivity index (χ0n) is 13.2. The molecule has 21 heavy (non-hydrogen) atoms. The smallest absolute Gasteiger partial charge is 0.257 e. The topological polar surface area (TPSA) is 49.3 Å². The van der Waals surface area contributed by atoms with Crippen molar-refractivity contribution in [3.05, 3.63) is 17.5 Å². The zero-order valence-corrected chi connectivity index (χ0v) is 13.2. The molecule has 2 aliphatic rings. The lowest BCUT2D eigenvalue weighted by Crippen LogP contribution is -2.35. The maximum absolute atomic E-state index is 12.3. The average molecular weight is 288 g/mol. The molecule has 0 aliphatic carbocycles. The lowest BCUT2D eigenvalue weighted by molar-refractivity contribution is 0.0759. The molecule has 3 heterocycles. The molecule has 1 saturated heterocycles. The molecule has 0 aromatic carbocycles. The second-order valence-electron chi connectivity index (χ2n) is 6.80. The highest BCUT2D eigenvalue weighted by molar-refractivity contribution is 5.97. The Morgan fingerprint density at radius 3 is 2.95 bits per heavy atom. The quantitative estimate of drug-likeness (QED) is 0.856. The molecule has 0 bridgehead atoms. The van der Waals surface area contributed by atoms with E-state index in [1.54, 1.807) is 6.20 Å². The van der Waals surface area contributed by atoms with Crippen molar-refractivity contribution in [1.82, 2.24) is 14.9 Å². The van der Waals surface area contributed by atoms with Gasteiger partial charge in [0.1, 0.15) is 0 Å². The van der Waals surface area contributed by atoms with Crippen LogP contribution in [0.15, 0.2) is 6.20 Å². The molecule has 3 rings (SSSR count). The summed E-state index contributed by atoms with van der Waals surface area (Å²) in [6.45, 7) is 9.98. The van der Waals surface area contributed by atoms with E-state index in [4.69, 9.17) is 0 Å². The van der Waals surface area contributed by atoms with E-state index in [0.29, 0.717) is 23.9 Å². The molecule has 1 fully saturated rings. The number of piperidine rings is 1. The second-order valence-corrected chi connectivity index (χ2v) is 6.80. The van der Waals surface area contributed by atoms with Crippen molar-refractivity contribution in [2.45, 2.75) is 40.2 Å². The third-order valence-electron chi connectivity index (χ3n) is 4.24. The summed E-state index contributed by atoms with van der Waals surface area (Å²) in [7, 11) is 0. The molecule has 2 aliphatic heterocycles. The van der Waals surface area contributed by atoms with Crippen molar-refractivity contribution in [2.24, 2.45) is 11.8 Å². The molecule has 5 nitrogen and oxygen atoms in total. The van der Waals surface area contributed by atoms with E-state index in [0.717, 1.165) is 31.3 Å². The van der Waals surface area contributed by atoms with E-state index < -0.39 is 0 Å². The highest BCUT2D eigenvalue weighted by atomic mass is 16.2. The van der Waals surface area contributed by atoms with Gasteiger partial charge in [-0.1, -0.05) is 20.8 Å². The number of rotatable bonds is 3. The van der Waals surface area contributed by atoms with Crippen molar-refractivity contribution in [2.75, 3.05) is 24.5 Å². The van der Waals surface area contributed by atoms with Gasteiger partial charge in [-0.15, -0.1) is 0 Å². The van der Waals surface area contributed by atoms with Crippen LogP contribution in [0.3, 0.4) is 0 Å². The normalized spacial score (nSPS) is 22.1. The highest BCUT2D eigenvalue weighted by Gasteiger charge is 2.30. The largest absolute Gasteiger partial charge is 0.341 e. The van der Waals surface area contributed by atoms with Gasteiger partial charge in [0, 0.05) is 25.8 Å². The van der Waals surface area contributed by atoms with Crippen LogP contribution in [0, 0.1) is 11.8 Å². The number of hydrogen-bond acceptors (Lipinski definition) is 4. The van der Waals surface area contributed by atoms with Gasteiger partial charge in [0.15, 0.2) is 0 Å². The summed E-state index contributed by atoms with van der Waals surface area (Å²) in [5.74, 6) is 2.03. The van der Waals surface area contributed by atoms with Gasteiger partial charge >= 0.3 is 0 Å². The summed E-state index contributed by atoms with van der Waals surface area (Å²) in [5.41, 5.74) is 1.58. The first kappa shape index (κ1) is 14.3.